The van der Waals surface area contributed by atoms with E-state index in [-0.39, 0.29) is 11.8 Å². The van der Waals surface area contributed by atoms with Gasteiger partial charge in [-0.3, -0.25) is 9.78 Å². The molecule has 0 aliphatic carbocycles. The summed E-state index contributed by atoms with van der Waals surface area (Å²) in [6.07, 6.45) is 3.78. The minimum Gasteiger partial charge on any atom is -0.338 e. The van der Waals surface area contributed by atoms with Crippen LogP contribution in [0.3, 0.4) is 0 Å². The van der Waals surface area contributed by atoms with Gasteiger partial charge in [-0.2, -0.15) is 4.98 Å². The molecule has 25 heavy (non-hydrogen) atoms. The van der Waals surface area contributed by atoms with Gasteiger partial charge in [0, 0.05) is 43.4 Å². The molecule has 0 saturated carbocycles. The van der Waals surface area contributed by atoms with Crippen molar-refractivity contribution in [2.45, 2.75) is 25.8 Å². The molecule has 1 aromatic carbocycles. The number of carbonyl (C=O) groups is 1. The van der Waals surface area contributed by atoms with E-state index in [0.29, 0.717) is 31.2 Å². The summed E-state index contributed by atoms with van der Waals surface area (Å²) >= 11 is 0. The van der Waals surface area contributed by atoms with Crippen LogP contribution in [0, 0.1) is 6.92 Å². The zero-order chi connectivity index (χ0) is 17.2. The number of aromatic nitrogens is 3. The van der Waals surface area contributed by atoms with Gasteiger partial charge in [0.25, 0.3) is 5.89 Å². The third kappa shape index (κ3) is 3.28. The van der Waals surface area contributed by atoms with E-state index in [1.165, 1.54) is 5.56 Å². The van der Waals surface area contributed by atoms with Crippen molar-refractivity contribution in [2.24, 2.45) is 0 Å². The minimum atomic E-state index is -0.0309. The summed E-state index contributed by atoms with van der Waals surface area (Å²) in [4.78, 5) is 22.7. The first-order valence-corrected chi connectivity index (χ1v) is 8.26. The van der Waals surface area contributed by atoms with Crippen LogP contribution in [0.15, 0.2) is 53.3 Å². The summed E-state index contributed by atoms with van der Waals surface area (Å²) in [5.41, 5.74) is 3.16. The summed E-state index contributed by atoms with van der Waals surface area (Å²) in [7, 11) is 0. The highest BCUT2D eigenvalue weighted by Crippen LogP contribution is 2.29. The third-order valence-corrected chi connectivity index (χ3v) is 4.40. The maximum Gasteiger partial charge on any atom is 0.258 e. The first-order valence-electron chi connectivity index (χ1n) is 8.26. The van der Waals surface area contributed by atoms with Gasteiger partial charge in [0.05, 0.1) is 0 Å². The van der Waals surface area contributed by atoms with Crippen molar-refractivity contribution in [3.05, 3.63) is 65.7 Å². The van der Waals surface area contributed by atoms with Crippen LogP contribution in [-0.4, -0.2) is 32.5 Å². The summed E-state index contributed by atoms with van der Waals surface area (Å²) in [6, 6.07) is 11.9. The van der Waals surface area contributed by atoms with Crippen LogP contribution in [0.25, 0.3) is 11.5 Å². The van der Waals surface area contributed by atoms with Gasteiger partial charge < -0.3 is 9.42 Å². The monoisotopic (exact) mass is 334 g/mol. The fraction of sp³-hybridized carbons (Fsp3) is 0.263. The van der Waals surface area contributed by atoms with Crippen molar-refractivity contribution >= 4 is 5.91 Å². The highest BCUT2D eigenvalue weighted by atomic mass is 16.5. The summed E-state index contributed by atoms with van der Waals surface area (Å²) in [5.74, 6) is 1.15. The molecule has 4 rings (SSSR count). The summed E-state index contributed by atoms with van der Waals surface area (Å²) in [6.45, 7) is 3.28. The van der Waals surface area contributed by atoms with Gasteiger partial charge in [0.15, 0.2) is 5.82 Å². The van der Waals surface area contributed by atoms with Crippen LogP contribution in [-0.2, 0) is 11.3 Å². The molecule has 1 fully saturated rings. The molecule has 1 aliphatic rings. The van der Waals surface area contributed by atoms with Crippen LogP contribution in [0.5, 0.6) is 0 Å². The van der Waals surface area contributed by atoms with Gasteiger partial charge in [-0.1, -0.05) is 35.0 Å². The number of hydrogen-bond donors (Lipinski definition) is 0. The third-order valence-electron chi connectivity index (χ3n) is 4.40. The molecule has 1 aliphatic heterocycles. The molecule has 0 spiro atoms. The van der Waals surface area contributed by atoms with Crippen LogP contribution in [0.2, 0.25) is 0 Å². The number of hydrogen-bond acceptors (Lipinski definition) is 5. The Kier molecular flexibility index (Phi) is 4.01. The standard InChI is InChI=1S/C19H18N4O2/c1-13-3-2-4-14(9-13)11-23-12-16(10-17(23)24)18-21-19(25-22-18)15-5-7-20-8-6-15/h2-9,16H,10-12H2,1H3/t16-/m1/s1. The SMILES string of the molecule is Cc1cccc(CN2C[C@H](c3noc(-c4ccncc4)n3)CC2=O)c1. The quantitative estimate of drug-likeness (QED) is 0.733. The fourth-order valence-corrected chi connectivity index (χ4v) is 3.14. The smallest absolute Gasteiger partial charge is 0.258 e. The van der Waals surface area contributed by atoms with E-state index in [2.05, 4.69) is 34.2 Å². The Morgan fingerprint density at radius 1 is 1.24 bits per heavy atom. The molecule has 3 aromatic rings. The predicted octanol–water partition coefficient (Wildman–Crippen LogP) is 2.96. The van der Waals surface area contributed by atoms with E-state index >= 15 is 0 Å². The molecule has 2 aromatic heterocycles. The van der Waals surface area contributed by atoms with Crippen LogP contribution < -0.4 is 0 Å². The molecule has 0 N–H and O–H groups in total. The maximum absolute atomic E-state index is 12.4. The van der Waals surface area contributed by atoms with Gasteiger partial charge in [-0.15, -0.1) is 0 Å². The molecule has 1 atom stereocenters. The molecule has 1 saturated heterocycles. The van der Waals surface area contributed by atoms with Crippen LogP contribution in [0.4, 0.5) is 0 Å². The fourth-order valence-electron chi connectivity index (χ4n) is 3.14. The number of benzene rings is 1. The Bertz CT molecular complexity index is 891. The number of amides is 1. The van der Waals surface area contributed by atoms with E-state index in [4.69, 9.17) is 4.52 Å². The molecule has 0 bridgehead atoms. The lowest BCUT2D eigenvalue weighted by atomic mass is 10.1. The number of pyridine rings is 1. The molecule has 0 radical (unpaired) electrons. The van der Waals surface area contributed by atoms with E-state index < -0.39 is 0 Å². The second-order valence-corrected chi connectivity index (χ2v) is 6.36. The number of carbonyl (C=O) groups excluding carboxylic acids is 1. The van der Waals surface area contributed by atoms with E-state index in [0.717, 1.165) is 11.1 Å². The van der Waals surface area contributed by atoms with Crippen molar-refractivity contribution in [3.8, 4) is 11.5 Å². The van der Waals surface area contributed by atoms with Gasteiger partial charge >= 0.3 is 0 Å². The number of nitrogens with zero attached hydrogens (tertiary/aromatic N) is 4. The van der Waals surface area contributed by atoms with E-state index in [9.17, 15) is 4.79 Å². The summed E-state index contributed by atoms with van der Waals surface area (Å²) < 4.78 is 5.35. The van der Waals surface area contributed by atoms with Crippen molar-refractivity contribution in [2.75, 3.05) is 6.54 Å². The lowest BCUT2D eigenvalue weighted by Crippen LogP contribution is -2.24. The largest absolute Gasteiger partial charge is 0.338 e. The van der Waals surface area contributed by atoms with Gasteiger partial charge in [-0.25, -0.2) is 0 Å². The first kappa shape index (κ1) is 15.5. The van der Waals surface area contributed by atoms with Crippen molar-refractivity contribution in [1.29, 1.82) is 0 Å². The Balaban J connectivity index is 1.48. The number of rotatable bonds is 4. The zero-order valence-electron chi connectivity index (χ0n) is 13.9. The number of likely N-dealkylation sites (tertiary alicyclic amines) is 1. The molecule has 3 heterocycles. The second-order valence-electron chi connectivity index (χ2n) is 6.36. The molecule has 6 nitrogen and oxygen atoms in total. The summed E-state index contributed by atoms with van der Waals surface area (Å²) in [5, 5.41) is 4.08. The number of aryl methyl sites for hydroxylation is 1. The molecule has 0 unspecified atom stereocenters. The normalized spacial score (nSPS) is 17.2. The average molecular weight is 334 g/mol. The Hall–Kier alpha value is -3.02. The first-order chi connectivity index (χ1) is 12.2. The second kappa shape index (κ2) is 6.47. The minimum absolute atomic E-state index is 0.0309. The Morgan fingerprint density at radius 2 is 2.08 bits per heavy atom. The lowest BCUT2D eigenvalue weighted by Gasteiger charge is -2.16. The molecular formula is C19H18N4O2. The van der Waals surface area contributed by atoms with Crippen molar-refractivity contribution < 1.29 is 9.32 Å². The van der Waals surface area contributed by atoms with Crippen LogP contribution >= 0.6 is 0 Å². The average Bonchev–Trinajstić information content (AvgIpc) is 3.23. The molecule has 1 amide bonds. The highest BCUT2D eigenvalue weighted by molar-refractivity contribution is 5.79. The molecule has 6 heteroatoms. The van der Waals surface area contributed by atoms with Gasteiger partial charge in [0.1, 0.15) is 0 Å². The Labute approximate surface area is 145 Å². The molecular weight excluding hydrogens is 316 g/mol. The zero-order valence-corrected chi connectivity index (χ0v) is 13.9. The van der Waals surface area contributed by atoms with Gasteiger partial charge in [-0.05, 0) is 24.6 Å². The van der Waals surface area contributed by atoms with E-state index in [1.54, 1.807) is 12.4 Å². The predicted molar refractivity (Wildman–Crippen MR) is 91.5 cm³/mol. The van der Waals surface area contributed by atoms with E-state index in [1.807, 2.05) is 29.2 Å². The molecule has 126 valence electrons. The lowest BCUT2D eigenvalue weighted by molar-refractivity contribution is -0.128. The highest BCUT2D eigenvalue weighted by Gasteiger charge is 2.33. The van der Waals surface area contributed by atoms with Gasteiger partial charge in [0.2, 0.25) is 5.91 Å². The maximum atomic E-state index is 12.4. The topological polar surface area (TPSA) is 72.1 Å². The van der Waals surface area contributed by atoms with Crippen molar-refractivity contribution in [1.82, 2.24) is 20.0 Å². The Morgan fingerprint density at radius 3 is 2.88 bits per heavy atom. The van der Waals surface area contributed by atoms with Crippen molar-refractivity contribution in [3.63, 3.8) is 0 Å². The van der Waals surface area contributed by atoms with Crippen LogP contribution in [0.1, 0.15) is 29.3 Å².